The quantitative estimate of drug-likeness (QED) is 0.782. The summed E-state index contributed by atoms with van der Waals surface area (Å²) in [5, 5.41) is 2.00. The molecular weight excluding hydrogens is 286 g/mol. The standard InChI is InChI=1S/C15H15N3O2S/c1-10-12(18-15(20-10)13-3-2-8-21-13)6-7-19-14-5-4-11(16)9-17-14/h2-5,8-9H,6-7,16H2,1H3. The van der Waals surface area contributed by atoms with Crippen molar-refractivity contribution in [1.82, 2.24) is 9.97 Å². The van der Waals surface area contributed by atoms with Crippen LogP contribution in [0.3, 0.4) is 0 Å². The molecule has 5 nitrogen and oxygen atoms in total. The van der Waals surface area contributed by atoms with Crippen molar-refractivity contribution in [3.8, 4) is 16.6 Å². The van der Waals surface area contributed by atoms with Crippen molar-refractivity contribution in [3.05, 3.63) is 47.3 Å². The fourth-order valence-corrected chi connectivity index (χ4v) is 2.54. The molecule has 0 saturated heterocycles. The minimum Gasteiger partial charge on any atom is -0.477 e. The Morgan fingerprint density at radius 2 is 2.24 bits per heavy atom. The smallest absolute Gasteiger partial charge is 0.236 e. The Bertz CT molecular complexity index is 705. The van der Waals surface area contributed by atoms with Crippen LogP contribution in [0.5, 0.6) is 5.88 Å². The molecule has 0 aliphatic rings. The third kappa shape index (κ3) is 3.22. The third-order valence-corrected chi connectivity index (χ3v) is 3.83. The number of nitrogens with two attached hydrogens (primary N) is 1. The van der Waals surface area contributed by atoms with E-state index in [9.17, 15) is 0 Å². The number of anilines is 1. The van der Waals surface area contributed by atoms with E-state index in [1.165, 1.54) is 0 Å². The summed E-state index contributed by atoms with van der Waals surface area (Å²) in [6.45, 7) is 2.41. The van der Waals surface area contributed by atoms with Gasteiger partial charge in [0, 0.05) is 12.5 Å². The van der Waals surface area contributed by atoms with Gasteiger partial charge in [-0.3, -0.25) is 0 Å². The first-order valence-corrected chi connectivity index (χ1v) is 7.45. The molecule has 3 aromatic rings. The number of nitrogens with zero attached hydrogens (tertiary/aromatic N) is 2. The molecule has 3 heterocycles. The number of nitrogen functional groups attached to an aromatic ring is 1. The Morgan fingerprint density at radius 1 is 1.33 bits per heavy atom. The summed E-state index contributed by atoms with van der Waals surface area (Å²) in [5.74, 6) is 2.05. The molecule has 0 bridgehead atoms. The molecule has 0 atom stereocenters. The van der Waals surface area contributed by atoms with Crippen LogP contribution in [-0.4, -0.2) is 16.6 Å². The van der Waals surface area contributed by atoms with Crippen LogP contribution < -0.4 is 10.5 Å². The van der Waals surface area contributed by atoms with Gasteiger partial charge in [-0.1, -0.05) is 6.07 Å². The maximum Gasteiger partial charge on any atom is 0.236 e. The van der Waals surface area contributed by atoms with Crippen molar-refractivity contribution < 1.29 is 9.15 Å². The van der Waals surface area contributed by atoms with Crippen LogP contribution in [0, 0.1) is 6.92 Å². The number of aryl methyl sites for hydroxylation is 1. The molecule has 0 fully saturated rings. The minimum atomic E-state index is 0.494. The van der Waals surface area contributed by atoms with Crippen LogP contribution in [0.15, 0.2) is 40.3 Å². The summed E-state index contributed by atoms with van der Waals surface area (Å²) in [7, 11) is 0. The van der Waals surface area contributed by atoms with Crippen LogP contribution in [0.4, 0.5) is 5.69 Å². The highest BCUT2D eigenvalue weighted by Gasteiger charge is 2.12. The van der Waals surface area contributed by atoms with E-state index in [4.69, 9.17) is 14.9 Å². The van der Waals surface area contributed by atoms with E-state index >= 15 is 0 Å². The second-order valence-electron chi connectivity index (χ2n) is 4.53. The maximum atomic E-state index is 5.69. The number of ether oxygens (including phenoxy) is 1. The van der Waals surface area contributed by atoms with Crippen molar-refractivity contribution in [2.45, 2.75) is 13.3 Å². The predicted octanol–water partition coefficient (Wildman–Crippen LogP) is 3.31. The first-order valence-electron chi connectivity index (χ1n) is 6.57. The number of oxazole rings is 1. The van der Waals surface area contributed by atoms with Crippen molar-refractivity contribution in [2.24, 2.45) is 0 Å². The topological polar surface area (TPSA) is 74.2 Å². The van der Waals surface area contributed by atoms with Gasteiger partial charge in [0.15, 0.2) is 0 Å². The third-order valence-electron chi connectivity index (χ3n) is 2.97. The average molecular weight is 301 g/mol. The maximum absolute atomic E-state index is 5.69. The van der Waals surface area contributed by atoms with E-state index < -0.39 is 0 Å². The van der Waals surface area contributed by atoms with E-state index in [0.717, 1.165) is 16.3 Å². The number of pyridine rings is 1. The van der Waals surface area contributed by atoms with Crippen molar-refractivity contribution in [1.29, 1.82) is 0 Å². The lowest BCUT2D eigenvalue weighted by atomic mass is 10.3. The van der Waals surface area contributed by atoms with Gasteiger partial charge in [0.1, 0.15) is 5.76 Å². The molecule has 21 heavy (non-hydrogen) atoms. The molecule has 6 heteroatoms. The highest BCUT2D eigenvalue weighted by atomic mass is 32.1. The summed E-state index contributed by atoms with van der Waals surface area (Å²) < 4.78 is 11.3. The largest absolute Gasteiger partial charge is 0.477 e. The number of thiophene rings is 1. The lowest BCUT2D eigenvalue weighted by Gasteiger charge is -2.03. The van der Waals surface area contributed by atoms with E-state index in [1.54, 1.807) is 29.7 Å². The van der Waals surface area contributed by atoms with E-state index in [0.29, 0.717) is 30.5 Å². The fraction of sp³-hybridized carbons (Fsp3) is 0.200. The van der Waals surface area contributed by atoms with Crippen molar-refractivity contribution in [2.75, 3.05) is 12.3 Å². The molecular formula is C15H15N3O2S. The minimum absolute atomic E-state index is 0.494. The molecule has 0 aliphatic heterocycles. The molecule has 2 N–H and O–H groups in total. The number of hydrogen-bond acceptors (Lipinski definition) is 6. The van der Waals surface area contributed by atoms with E-state index in [-0.39, 0.29) is 0 Å². The monoisotopic (exact) mass is 301 g/mol. The predicted molar refractivity (Wildman–Crippen MR) is 82.4 cm³/mol. The molecule has 108 valence electrons. The SMILES string of the molecule is Cc1oc(-c2cccs2)nc1CCOc1ccc(N)cn1. The molecule has 3 aromatic heterocycles. The summed E-state index contributed by atoms with van der Waals surface area (Å²) in [4.78, 5) is 9.64. The highest BCUT2D eigenvalue weighted by Crippen LogP contribution is 2.26. The second kappa shape index (κ2) is 5.97. The Labute approximate surface area is 126 Å². The van der Waals surface area contributed by atoms with Gasteiger partial charge < -0.3 is 14.9 Å². The molecule has 0 amide bonds. The van der Waals surface area contributed by atoms with Crippen LogP contribution in [0.2, 0.25) is 0 Å². The normalized spacial score (nSPS) is 10.7. The summed E-state index contributed by atoms with van der Waals surface area (Å²) in [6.07, 6.45) is 2.25. The fourth-order valence-electron chi connectivity index (χ4n) is 1.90. The van der Waals surface area contributed by atoms with Crippen LogP contribution in [0.1, 0.15) is 11.5 Å². The van der Waals surface area contributed by atoms with Gasteiger partial charge in [-0.15, -0.1) is 11.3 Å². The number of aromatic nitrogens is 2. The van der Waals surface area contributed by atoms with Gasteiger partial charge in [0.25, 0.3) is 0 Å². The first-order chi connectivity index (χ1) is 10.2. The first kappa shape index (κ1) is 13.6. The van der Waals surface area contributed by atoms with Gasteiger partial charge >= 0.3 is 0 Å². The molecule has 0 saturated carbocycles. The summed E-state index contributed by atoms with van der Waals surface area (Å²) in [5.41, 5.74) is 7.11. The molecule has 0 aliphatic carbocycles. The Hall–Kier alpha value is -2.34. The van der Waals surface area contributed by atoms with Crippen molar-refractivity contribution >= 4 is 17.0 Å². The van der Waals surface area contributed by atoms with Gasteiger partial charge in [0.2, 0.25) is 11.8 Å². The highest BCUT2D eigenvalue weighted by molar-refractivity contribution is 7.13. The van der Waals surface area contributed by atoms with Crippen LogP contribution in [-0.2, 0) is 6.42 Å². The van der Waals surface area contributed by atoms with Gasteiger partial charge in [-0.05, 0) is 24.4 Å². The summed E-state index contributed by atoms with van der Waals surface area (Å²) in [6, 6.07) is 7.49. The lowest BCUT2D eigenvalue weighted by Crippen LogP contribution is -2.04. The lowest BCUT2D eigenvalue weighted by molar-refractivity contribution is 0.308. The zero-order valence-corrected chi connectivity index (χ0v) is 12.4. The molecule has 0 radical (unpaired) electrons. The van der Waals surface area contributed by atoms with Crippen LogP contribution >= 0.6 is 11.3 Å². The Kier molecular flexibility index (Phi) is 3.87. The molecule has 3 rings (SSSR count). The number of rotatable bonds is 5. The van der Waals surface area contributed by atoms with Gasteiger partial charge in [-0.25, -0.2) is 9.97 Å². The Morgan fingerprint density at radius 3 is 2.95 bits per heavy atom. The zero-order valence-electron chi connectivity index (χ0n) is 11.6. The van der Waals surface area contributed by atoms with Crippen molar-refractivity contribution in [3.63, 3.8) is 0 Å². The second-order valence-corrected chi connectivity index (χ2v) is 5.48. The number of hydrogen-bond donors (Lipinski definition) is 1. The van der Waals surface area contributed by atoms with Gasteiger partial charge in [-0.2, -0.15) is 0 Å². The Balaban J connectivity index is 1.62. The van der Waals surface area contributed by atoms with Crippen LogP contribution in [0.25, 0.3) is 10.8 Å². The van der Waals surface area contributed by atoms with E-state index in [1.807, 2.05) is 24.4 Å². The summed E-state index contributed by atoms with van der Waals surface area (Å²) >= 11 is 1.61. The average Bonchev–Trinajstić information content (AvgIpc) is 3.11. The van der Waals surface area contributed by atoms with E-state index in [2.05, 4.69) is 9.97 Å². The molecule has 0 unspecified atom stereocenters. The zero-order chi connectivity index (χ0) is 14.7. The van der Waals surface area contributed by atoms with Gasteiger partial charge in [0.05, 0.1) is 29.1 Å². The molecule has 0 aromatic carbocycles. The molecule has 0 spiro atoms.